The molecular formula is C20H25N5O3. The molecule has 0 saturated carbocycles. The number of fused-ring (bicyclic) bond motifs is 3. The molecule has 3 heterocycles. The Morgan fingerprint density at radius 2 is 2.00 bits per heavy atom. The molecule has 8 heteroatoms. The van der Waals surface area contributed by atoms with Gasteiger partial charge >= 0.3 is 0 Å². The van der Waals surface area contributed by atoms with Crippen LogP contribution in [0.25, 0.3) is 16.6 Å². The van der Waals surface area contributed by atoms with Gasteiger partial charge in [-0.2, -0.15) is 5.10 Å². The highest BCUT2D eigenvalue weighted by atomic mass is 16.5. The highest BCUT2D eigenvalue weighted by molar-refractivity contribution is 5.97. The van der Waals surface area contributed by atoms with Gasteiger partial charge in [-0.05, 0) is 44.2 Å². The van der Waals surface area contributed by atoms with Crippen molar-refractivity contribution in [3.8, 4) is 0 Å². The number of aromatic nitrogens is 3. The number of rotatable bonds is 6. The number of ether oxygens (including phenoxy) is 1. The van der Waals surface area contributed by atoms with Crippen molar-refractivity contribution < 1.29 is 9.53 Å². The van der Waals surface area contributed by atoms with Crippen LogP contribution in [0.3, 0.4) is 0 Å². The Morgan fingerprint density at radius 1 is 1.18 bits per heavy atom. The third kappa shape index (κ3) is 3.53. The Morgan fingerprint density at radius 3 is 2.79 bits per heavy atom. The maximum atomic E-state index is 12.7. The van der Waals surface area contributed by atoms with Gasteiger partial charge in [-0.15, -0.1) is 0 Å². The van der Waals surface area contributed by atoms with Gasteiger partial charge in [0.25, 0.3) is 11.5 Å². The van der Waals surface area contributed by atoms with Crippen LogP contribution in [-0.4, -0.2) is 64.4 Å². The molecule has 4 rings (SSSR count). The van der Waals surface area contributed by atoms with Gasteiger partial charge < -0.3 is 14.6 Å². The SMILES string of the molecule is CCn1c(=O)c2ccnn2c2ccc(C(=O)NCCCN3CCOCC3)cc21. The monoisotopic (exact) mass is 383 g/mol. The van der Waals surface area contributed by atoms with Crippen molar-refractivity contribution in [3.63, 3.8) is 0 Å². The summed E-state index contributed by atoms with van der Waals surface area (Å²) in [6.45, 7) is 7.50. The first-order chi connectivity index (χ1) is 13.7. The van der Waals surface area contributed by atoms with Crippen LogP contribution in [0.4, 0.5) is 0 Å². The molecule has 0 aliphatic carbocycles. The van der Waals surface area contributed by atoms with Gasteiger partial charge in [0.1, 0.15) is 5.52 Å². The summed E-state index contributed by atoms with van der Waals surface area (Å²) in [6.07, 6.45) is 2.51. The third-order valence-electron chi connectivity index (χ3n) is 5.22. The van der Waals surface area contributed by atoms with Crippen molar-refractivity contribution >= 4 is 22.5 Å². The molecule has 3 aromatic rings. The molecule has 8 nitrogen and oxygen atoms in total. The van der Waals surface area contributed by atoms with Crippen molar-refractivity contribution in [1.29, 1.82) is 0 Å². The number of carbonyl (C=O) groups excluding carboxylic acids is 1. The number of benzene rings is 1. The molecule has 0 spiro atoms. The Kier molecular flexibility index (Phi) is 5.40. The zero-order valence-corrected chi connectivity index (χ0v) is 16.1. The zero-order chi connectivity index (χ0) is 19.5. The molecule has 1 fully saturated rings. The predicted molar refractivity (Wildman–Crippen MR) is 107 cm³/mol. The van der Waals surface area contributed by atoms with Crippen LogP contribution in [0.2, 0.25) is 0 Å². The summed E-state index contributed by atoms with van der Waals surface area (Å²) in [4.78, 5) is 27.6. The predicted octanol–water partition coefficient (Wildman–Crippen LogP) is 1.12. The van der Waals surface area contributed by atoms with E-state index in [9.17, 15) is 9.59 Å². The van der Waals surface area contributed by atoms with E-state index in [1.54, 1.807) is 33.5 Å². The molecule has 148 valence electrons. The lowest BCUT2D eigenvalue weighted by atomic mass is 10.1. The molecule has 0 atom stereocenters. The molecule has 1 aliphatic rings. The second-order valence-electron chi connectivity index (χ2n) is 6.94. The minimum atomic E-state index is -0.125. The van der Waals surface area contributed by atoms with Crippen LogP contribution in [0, 0.1) is 0 Å². The third-order valence-corrected chi connectivity index (χ3v) is 5.22. The summed E-state index contributed by atoms with van der Waals surface area (Å²) in [5.41, 5.74) is 2.51. The van der Waals surface area contributed by atoms with Gasteiger partial charge in [-0.3, -0.25) is 14.5 Å². The first-order valence-corrected chi connectivity index (χ1v) is 9.77. The molecule has 1 aromatic carbocycles. The highest BCUT2D eigenvalue weighted by Crippen LogP contribution is 2.16. The second-order valence-corrected chi connectivity index (χ2v) is 6.94. The first kappa shape index (κ1) is 18.6. The van der Waals surface area contributed by atoms with E-state index in [1.807, 2.05) is 13.0 Å². The maximum absolute atomic E-state index is 12.7. The molecule has 1 saturated heterocycles. The van der Waals surface area contributed by atoms with Crippen molar-refractivity contribution in [1.82, 2.24) is 24.4 Å². The summed E-state index contributed by atoms with van der Waals surface area (Å²) >= 11 is 0. The van der Waals surface area contributed by atoms with Crippen molar-refractivity contribution in [2.45, 2.75) is 19.9 Å². The van der Waals surface area contributed by atoms with Crippen molar-refractivity contribution in [2.75, 3.05) is 39.4 Å². The average Bonchev–Trinajstić information content (AvgIpc) is 3.22. The van der Waals surface area contributed by atoms with E-state index in [1.165, 1.54) is 0 Å². The Bertz CT molecular complexity index is 1050. The van der Waals surface area contributed by atoms with Crippen molar-refractivity contribution in [3.05, 3.63) is 46.4 Å². The number of amides is 1. The summed E-state index contributed by atoms with van der Waals surface area (Å²) in [5, 5.41) is 7.23. The van der Waals surface area contributed by atoms with Crippen LogP contribution >= 0.6 is 0 Å². The number of aryl methyl sites for hydroxylation is 1. The molecule has 28 heavy (non-hydrogen) atoms. The maximum Gasteiger partial charge on any atom is 0.277 e. The largest absolute Gasteiger partial charge is 0.379 e. The lowest BCUT2D eigenvalue weighted by molar-refractivity contribution is 0.0374. The summed E-state index contributed by atoms with van der Waals surface area (Å²) in [5.74, 6) is -0.125. The number of hydrogen-bond donors (Lipinski definition) is 1. The summed E-state index contributed by atoms with van der Waals surface area (Å²) in [7, 11) is 0. The van der Waals surface area contributed by atoms with Crippen molar-refractivity contribution in [2.24, 2.45) is 0 Å². The van der Waals surface area contributed by atoms with Gasteiger partial charge in [0.05, 0.1) is 30.4 Å². The standard InChI is InChI=1S/C20H25N5O3/c1-2-24-18-14-15(4-5-16(18)25-17(20(24)27)6-8-22-25)19(26)21-7-3-9-23-10-12-28-13-11-23/h4-6,8,14H,2-3,7,9-13H2,1H3,(H,21,26). The number of nitrogens with one attached hydrogen (secondary N) is 1. The summed E-state index contributed by atoms with van der Waals surface area (Å²) < 4.78 is 8.66. The fraction of sp³-hybridized carbons (Fsp3) is 0.450. The minimum Gasteiger partial charge on any atom is -0.379 e. The lowest BCUT2D eigenvalue weighted by Gasteiger charge is -2.26. The van der Waals surface area contributed by atoms with Crippen LogP contribution in [0.1, 0.15) is 23.7 Å². The van der Waals surface area contributed by atoms with E-state index in [2.05, 4.69) is 15.3 Å². The molecule has 1 amide bonds. The number of nitrogens with zero attached hydrogens (tertiary/aromatic N) is 4. The van der Waals surface area contributed by atoms with E-state index in [0.29, 0.717) is 29.7 Å². The first-order valence-electron chi connectivity index (χ1n) is 9.77. The van der Waals surface area contributed by atoms with E-state index in [4.69, 9.17) is 4.74 Å². The van der Waals surface area contributed by atoms with Gasteiger partial charge in [0.2, 0.25) is 0 Å². The van der Waals surface area contributed by atoms with Gasteiger partial charge in [-0.25, -0.2) is 4.52 Å². The lowest BCUT2D eigenvalue weighted by Crippen LogP contribution is -2.38. The fourth-order valence-corrected chi connectivity index (χ4v) is 3.71. The average molecular weight is 383 g/mol. The topological polar surface area (TPSA) is 80.9 Å². The smallest absolute Gasteiger partial charge is 0.277 e. The van der Waals surface area contributed by atoms with Gasteiger partial charge in [-0.1, -0.05) is 0 Å². The quantitative estimate of drug-likeness (QED) is 0.645. The highest BCUT2D eigenvalue weighted by Gasteiger charge is 2.14. The van der Waals surface area contributed by atoms with Crippen LogP contribution < -0.4 is 10.9 Å². The zero-order valence-electron chi connectivity index (χ0n) is 16.1. The number of hydrogen-bond acceptors (Lipinski definition) is 5. The second kappa shape index (κ2) is 8.12. The molecule has 0 unspecified atom stereocenters. The Labute approximate surface area is 162 Å². The number of morpholine rings is 1. The normalized spacial score (nSPS) is 15.3. The van der Waals surface area contributed by atoms with E-state index < -0.39 is 0 Å². The van der Waals surface area contributed by atoms with Crippen LogP contribution in [-0.2, 0) is 11.3 Å². The molecule has 0 radical (unpaired) electrons. The fourth-order valence-electron chi connectivity index (χ4n) is 3.71. The van der Waals surface area contributed by atoms with Gasteiger partial charge in [0, 0.05) is 31.7 Å². The summed E-state index contributed by atoms with van der Waals surface area (Å²) in [6, 6.07) is 7.12. The van der Waals surface area contributed by atoms with E-state index in [0.717, 1.165) is 44.8 Å². The van der Waals surface area contributed by atoms with Crippen LogP contribution in [0.5, 0.6) is 0 Å². The molecule has 0 bridgehead atoms. The molecule has 1 aliphatic heterocycles. The molecule has 2 aromatic heterocycles. The molecular weight excluding hydrogens is 358 g/mol. The molecule has 1 N–H and O–H groups in total. The number of carbonyl (C=O) groups is 1. The van der Waals surface area contributed by atoms with E-state index >= 15 is 0 Å². The van der Waals surface area contributed by atoms with E-state index in [-0.39, 0.29) is 11.5 Å². The Balaban J connectivity index is 1.50. The minimum absolute atomic E-state index is 0.101. The van der Waals surface area contributed by atoms with Crippen LogP contribution in [0.15, 0.2) is 35.3 Å². The Hall–Kier alpha value is -2.71. The van der Waals surface area contributed by atoms with Gasteiger partial charge in [0.15, 0.2) is 0 Å².